The predicted octanol–water partition coefficient (Wildman–Crippen LogP) is -1.95. The second-order valence-electron chi connectivity index (χ2n) is 3.93. The molecule has 1 saturated heterocycles. The van der Waals surface area contributed by atoms with Crippen LogP contribution in [-0.2, 0) is 4.79 Å². The summed E-state index contributed by atoms with van der Waals surface area (Å²) in [7, 11) is 1.59. The topological polar surface area (TPSA) is 84.9 Å². The van der Waals surface area contributed by atoms with Crippen molar-refractivity contribution in [2.45, 2.75) is 0 Å². The molecule has 0 unspecified atom stereocenters. The van der Waals surface area contributed by atoms with E-state index in [9.17, 15) is 9.59 Å². The fraction of sp³-hybridized carbons (Fsp3) is 0.800. The number of aliphatic hydroxyl groups is 1. The number of rotatable bonds is 4. The van der Waals surface area contributed by atoms with Crippen LogP contribution in [0.2, 0.25) is 0 Å². The Balaban J connectivity index is 2.24. The van der Waals surface area contributed by atoms with Crippen molar-refractivity contribution in [3.8, 4) is 0 Å². The number of amides is 3. The average molecular weight is 244 g/mol. The highest BCUT2D eigenvalue weighted by atomic mass is 16.3. The summed E-state index contributed by atoms with van der Waals surface area (Å²) in [4.78, 5) is 26.2. The molecule has 0 aromatic heterocycles. The zero-order chi connectivity index (χ0) is 12.7. The third kappa shape index (κ3) is 4.58. The molecule has 17 heavy (non-hydrogen) atoms. The minimum atomic E-state index is -0.211. The van der Waals surface area contributed by atoms with Gasteiger partial charge in [0.2, 0.25) is 5.91 Å². The van der Waals surface area contributed by atoms with Crippen molar-refractivity contribution in [2.75, 3.05) is 52.9 Å². The maximum absolute atomic E-state index is 11.6. The molecule has 1 fully saturated rings. The highest BCUT2D eigenvalue weighted by Crippen LogP contribution is 1.92. The molecule has 1 aliphatic rings. The van der Waals surface area contributed by atoms with Crippen molar-refractivity contribution in [1.82, 2.24) is 20.4 Å². The summed E-state index contributed by atoms with van der Waals surface area (Å²) in [5.41, 5.74) is 0. The fourth-order valence-electron chi connectivity index (χ4n) is 1.54. The Hall–Kier alpha value is -1.34. The summed E-state index contributed by atoms with van der Waals surface area (Å²) in [6, 6.07) is -0.211. The van der Waals surface area contributed by atoms with Crippen molar-refractivity contribution in [2.24, 2.45) is 0 Å². The van der Waals surface area contributed by atoms with Crippen molar-refractivity contribution in [3.05, 3.63) is 0 Å². The monoisotopic (exact) mass is 244 g/mol. The van der Waals surface area contributed by atoms with E-state index in [0.717, 1.165) is 13.1 Å². The molecular formula is C10H20N4O3. The van der Waals surface area contributed by atoms with E-state index in [-0.39, 0.29) is 31.6 Å². The normalized spacial score (nSPS) is 15.5. The number of nitrogens with zero attached hydrogens (tertiary/aromatic N) is 2. The Labute approximate surface area is 101 Å². The van der Waals surface area contributed by atoms with Crippen molar-refractivity contribution in [3.63, 3.8) is 0 Å². The first kappa shape index (κ1) is 13.7. The summed E-state index contributed by atoms with van der Waals surface area (Å²) < 4.78 is 0. The highest BCUT2D eigenvalue weighted by Gasteiger charge is 2.17. The van der Waals surface area contributed by atoms with E-state index in [4.69, 9.17) is 5.11 Å². The largest absolute Gasteiger partial charge is 0.395 e. The van der Waals surface area contributed by atoms with Crippen molar-refractivity contribution < 1.29 is 14.7 Å². The van der Waals surface area contributed by atoms with Crippen molar-refractivity contribution in [1.29, 1.82) is 0 Å². The number of carbonyl (C=O) groups is 2. The average Bonchev–Trinajstić information content (AvgIpc) is 2.36. The second-order valence-corrected chi connectivity index (χ2v) is 3.93. The van der Waals surface area contributed by atoms with Gasteiger partial charge in [0, 0.05) is 39.8 Å². The van der Waals surface area contributed by atoms with Gasteiger partial charge in [0.05, 0.1) is 13.2 Å². The molecule has 7 nitrogen and oxygen atoms in total. The second kappa shape index (κ2) is 7.08. The number of carbonyl (C=O) groups excluding carboxylic acids is 2. The van der Waals surface area contributed by atoms with Gasteiger partial charge in [-0.3, -0.25) is 4.79 Å². The van der Waals surface area contributed by atoms with E-state index in [2.05, 4.69) is 10.6 Å². The lowest BCUT2D eigenvalue weighted by atomic mass is 10.4. The first-order chi connectivity index (χ1) is 8.15. The predicted molar refractivity (Wildman–Crippen MR) is 62.6 cm³/mol. The van der Waals surface area contributed by atoms with Crippen LogP contribution >= 0.6 is 0 Å². The van der Waals surface area contributed by atoms with Crippen LogP contribution in [0.4, 0.5) is 4.79 Å². The molecule has 3 N–H and O–H groups in total. The van der Waals surface area contributed by atoms with Gasteiger partial charge in [-0.1, -0.05) is 0 Å². The van der Waals surface area contributed by atoms with Crippen LogP contribution in [0, 0.1) is 0 Å². The first-order valence-electron chi connectivity index (χ1n) is 5.73. The summed E-state index contributed by atoms with van der Waals surface area (Å²) in [5, 5.41) is 14.4. The van der Waals surface area contributed by atoms with Gasteiger partial charge in [0.15, 0.2) is 0 Å². The quantitative estimate of drug-likeness (QED) is 0.537. The van der Waals surface area contributed by atoms with Gasteiger partial charge >= 0.3 is 6.03 Å². The minimum Gasteiger partial charge on any atom is -0.395 e. The number of nitrogens with one attached hydrogen (secondary N) is 2. The Bertz CT molecular complexity index is 266. The summed E-state index contributed by atoms with van der Waals surface area (Å²) in [5.74, 6) is -0.206. The van der Waals surface area contributed by atoms with E-state index in [0.29, 0.717) is 13.1 Å². The summed E-state index contributed by atoms with van der Waals surface area (Å²) >= 11 is 0. The molecule has 0 aromatic rings. The SMILES string of the molecule is CN(CCO)C(=O)CNC(=O)N1CCNCC1. The van der Waals surface area contributed by atoms with Gasteiger partial charge in [-0.25, -0.2) is 4.79 Å². The van der Waals surface area contributed by atoms with E-state index in [1.54, 1.807) is 11.9 Å². The van der Waals surface area contributed by atoms with E-state index in [1.807, 2.05) is 0 Å². The number of aliphatic hydroxyl groups excluding tert-OH is 1. The lowest BCUT2D eigenvalue weighted by Gasteiger charge is -2.27. The van der Waals surface area contributed by atoms with Gasteiger partial charge in [-0.2, -0.15) is 0 Å². The number of piperazine rings is 1. The molecule has 0 radical (unpaired) electrons. The molecule has 0 bridgehead atoms. The van der Waals surface area contributed by atoms with Gasteiger partial charge in [0.25, 0.3) is 0 Å². The molecule has 3 amide bonds. The molecule has 1 aliphatic heterocycles. The third-order valence-electron chi connectivity index (χ3n) is 2.66. The summed E-state index contributed by atoms with van der Waals surface area (Å²) in [6.07, 6.45) is 0. The molecule has 98 valence electrons. The van der Waals surface area contributed by atoms with Crippen LogP contribution in [-0.4, -0.2) is 79.8 Å². The lowest BCUT2D eigenvalue weighted by Crippen LogP contribution is -2.51. The van der Waals surface area contributed by atoms with Crippen LogP contribution in [0.25, 0.3) is 0 Å². The van der Waals surface area contributed by atoms with E-state index in [1.165, 1.54) is 4.90 Å². The zero-order valence-corrected chi connectivity index (χ0v) is 10.1. The molecule has 0 aliphatic carbocycles. The van der Waals surface area contributed by atoms with E-state index < -0.39 is 0 Å². The Morgan fingerprint density at radius 1 is 1.41 bits per heavy atom. The molecule has 0 aromatic carbocycles. The number of hydrogen-bond donors (Lipinski definition) is 3. The van der Waals surface area contributed by atoms with Crippen LogP contribution in [0.3, 0.4) is 0 Å². The van der Waals surface area contributed by atoms with Gasteiger partial charge in [-0.15, -0.1) is 0 Å². The minimum absolute atomic E-state index is 0.0285. The Kier molecular flexibility index (Phi) is 5.71. The zero-order valence-electron chi connectivity index (χ0n) is 10.1. The fourth-order valence-corrected chi connectivity index (χ4v) is 1.54. The van der Waals surface area contributed by atoms with Crippen LogP contribution in [0.5, 0.6) is 0 Å². The van der Waals surface area contributed by atoms with Crippen LogP contribution in [0.1, 0.15) is 0 Å². The van der Waals surface area contributed by atoms with Crippen LogP contribution in [0.15, 0.2) is 0 Å². The highest BCUT2D eigenvalue weighted by molar-refractivity contribution is 5.83. The van der Waals surface area contributed by atoms with Gasteiger partial charge < -0.3 is 25.5 Å². The molecule has 0 spiro atoms. The van der Waals surface area contributed by atoms with Crippen LogP contribution < -0.4 is 10.6 Å². The molecule has 1 heterocycles. The van der Waals surface area contributed by atoms with E-state index >= 15 is 0 Å². The van der Waals surface area contributed by atoms with Gasteiger partial charge in [-0.05, 0) is 0 Å². The lowest BCUT2D eigenvalue weighted by molar-refractivity contribution is -0.129. The maximum Gasteiger partial charge on any atom is 0.317 e. The number of hydrogen-bond acceptors (Lipinski definition) is 4. The Morgan fingerprint density at radius 3 is 2.65 bits per heavy atom. The smallest absolute Gasteiger partial charge is 0.317 e. The Morgan fingerprint density at radius 2 is 2.06 bits per heavy atom. The molecular weight excluding hydrogens is 224 g/mol. The molecule has 7 heteroatoms. The number of urea groups is 1. The first-order valence-corrected chi connectivity index (χ1v) is 5.73. The molecule has 0 atom stereocenters. The summed E-state index contributed by atoms with van der Waals surface area (Å²) in [6.45, 7) is 3.06. The van der Waals surface area contributed by atoms with Gasteiger partial charge in [0.1, 0.15) is 0 Å². The standard InChI is InChI=1S/C10H20N4O3/c1-13(6-7-15)9(16)8-12-10(17)14-4-2-11-3-5-14/h11,15H,2-8H2,1H3,(H,12,17). The molecule has 0 saturated carbocycles. The number of likely N-dealkylation sites (N-methyl/N-ethyl adjacent to an activating group) is 1. The third-order valence-corrected chi connectivity index (χ3v) is 2.66. The maximum atomic E-state index is 11.6. The molecule has 1 rings (SSSR count). The van der Waals surface area contributed by atoms with Crippen molar-refractivity contribution >= 4 is 11.9 Å².